The van der Waals surface area contributed by atoms with Gasteiger partial charge in [0.15, 0.2) is 0 Å². The van der Waals surface area contributed by atoms with Crippen LogP contribution in [0.2, 0.25) is 0 Å². The summed E-state index contributed by atoms with van der Waals surface area (Å²) in [5.74, 6) is 0. The zero-order chi connectivity index (χ0) is 15.3. The summed E-state index contributed by atoms with van der Waals surface area (Å²) in [5, 5.41) is 3.30. The molecule has 2 N–H and O–H groups in total. The molecule has 1 saturated heterocycles. The molecule has 2 rings (SSSR count). The highest BCUT2D eigenvalue weighted by Crippen LogP contribution is 2.24. The Labute approximate surface area is 126 Å². The summed E-state index contributed by atoms with van der Waals surface area (Å²) in [7, 11) is -3.53. The van der Waals surface area contributed by atoms with Crippen molar-refractivity contribution in [2.45, 2.75) is 19.9 Å². The van der Waals surface area contributed by atoms with Crippen molar-refractivity contribution >= 4 is 15.9 Å². The highest BCUT2D eigenvalue weighted by molar-refractivity contribution is 7.90. The molecule has 7 heteroatoms. The molecule has 1 aliphatic rings. The lowest BCUT2D eigenvalue weighted by Gasteiger charge is -2.27. The maximum Gasteiger partial charge on any atom is 0.301 e. The molecule has 0 amide bonds. The maximum atomic E-state index is 12.4. The van der Waals surface area contributed by atoms with Crippen LogP contribution in [-0.2, 0) is 14.9 Å². The molecule has 0 aromatic heterocycles. The average Bonchev–Trinajstić information content (AvgIpc) is 2.48. The van der Waals surface area contributed by atoms with Gasteiger partial charge in [0.1, 0.15) is 0 Å². The Morgan fingerprint density at radius 3 is 2.62 bits per heavy atom. The first-order valence-electron chi connectivity index (χ1n) is 7.22. The van der Waals surface area contributed by atoms with Gasteiger partial charge in [-0.05, 0) is 25.1 Å². The summed E-state index contributed by atoms with van der Waals surface area (Å²) >= 11 is 0. The quantitative estimate of drug-likeness (QED) is 0.831. The van der Waals surface area contributed by atoms with Gasteiger partial charge in [0.05, 0.1) is 18.9 Å². The van der Waals surface area contributed by atoms with Gasteiger partial charge in [0, 0.05) is 19.1 Å². The number of para-hydroxylation sites is 1. The van der Waals surface area contributed by atoms with E-state index < -0.39 is 10.2 Å². The number of hydrogen-bond acceptors (Lipinski definition) is 4. The monoisotopic (exact) mass is 313 g/mol. The predicted octanol–water partition coefficient (Wildman–Crippen LogP) is 1.35. The Hall–Kier alpha value is -1.15. The first-order valence-corrected chi connectivity index (χ1v) is 8.66. The van der Waals surface area contributed by atoms with E-state index in [0.717, 1.165) is 12.1 Å². The lowest BCUT2D eigenvalue weighted by Crippen LogP contribution is -2.43. The van der Waals surface area contributed by atoms with Gasteiger partial charge in [0.25, 0.3) is 0 Å². The fourth-order valence-corrected chi connectivity index (χ4v) is 3.60. The van der Waals surface area contributed by atoms with Crippen molar-refractivity contribution in [1.29, 1.82) is 0 Å². The van der Waals surface area contributed by atoms with Crippen molar-refractivity contribution in [3.05, 3.63) is 29.8 Å². The Balaban J connectivity index is 2.18. The fraction of sp³-hybridized carbons (Fsp3) is 0.571. The normalized spacial score (nSPS) is 18.4. The highest BCUT2D eigenvalue weighted by atomic mass is 32.2. The molecule has 0 saturated carbocycles. The zero-order valence-corrected chi connectivity index (χ0v) is 13.3. The first kappa shape index (κ1) is 16.2. The van der Waals surface area contributed by atoms with E-state index in [4.69, 9.17) is 4.74 Å². The van der Waals surface area contributed by atoms with E-state index in [1.165, 1.54) is 4.31 Å². The van der Waals surface area contributed by atoms with E-state index in [1.54, 1.807) is 6.07 Å². The van der Waals surface area contributed by atoms with Gasteiger partial charge >= 0.3 is 10.2 Å². The van der Waals surface area contributed by atoms with E-state index in [2.05, 4.69) is 10.0 Å². The van der Waals surface area contributed by atoms with Crippen LogP contribution in [0.5, 0.6) is 0 Å². The number of hydrogen-bond donors (Lipinski definition) is 2. The molecule has 0 aliphatic carbocycles. The van der Waals surface area contributed by atoms with E-state index in [-0.39, 0.29) is 6.04 Å². The minimum atomic E-state index is -3.53. The molecule has 21 heavy (non-hydrogen) atoms. The number of rotatable bonds is 6. The summed E-state index contributed by atoms with van der Waals surface area (Å²) in [5.41, 5.74) is 1.56. The molecule has 0 radical (unpaired) electrons. The number of ether oxygens (including phenoxy) is 1. The molecular formula is C14H23N3O3S. The third kappa shape index (κ3) is 4.16. The first-order chi connectivity index (χ1) is 10.0. The van der Waals surface area contributed by atoms with Crippen molar-refractivity contribution in [2.75, 3.05) is 37.6 Å². The third-order valence-corrected chi connectivity index (χ3v) is 5.01. The molecular weight excluding hydrogens is 290 g/mol. The van der Waals surface area contributed by atoms with Crippen LogP contribution < -0.4 is 10.0 Å². The lowest BCUT2D eigenvalue weighted by molar-refractivity contribution is 0.0733. The maximum absolute atomic E-state index is 12.4. The summed E-state index contributed by atoms with van der Waals surface area (Å²) in [4.78, 5) is 0. The molecule has 1 aromatic rings. The Bertz CT molecular complexity index is 556. The van der Waals surface area contributed by atoms with Crippen molar-refractivity contribution in [3.63, 3.8) is 0 Å². The van der Waals surface area contributed by atoms with Gasteiger partial charge < -0.3 is 10.1 Å². The van der Waals surface area contributed by atoms with Crippen LogP contribution in [0.1, 0.15) is 25.5 Å². The third-order valence-electron chi connectivity index (χ3n) is 3.49. The minimum Gasteiger partial charge on any atom is -0.379 e. The molecule has 1 fully saturated rings. The topological polar surface area (TPSA) is 70.7 Å². The standard InChI is InChI=1S/C14H23N3O3S/c1-3-15-12(2)13-6-4-5-7-14(13)16-21(18,19)17-8-10-20-11-9-17/h4-7,12,15-16H,3,8-11H2,1-2H3. The smallest absolute Gasteiger partial charge is 0.301 e. The highest BCUT2D eigenvalue weighted by Gasteiger charge is 2.25. The Morgan fingerprint density at radius 1 is 1.29 bits per heavy atom. The number of morpholine rings is 1. The molecule has 0 spiro atoms. The largest absolute Gasteiger partial charge is 0.379 e. The Morgan fingerprint density at radius 2 is 1.95 bits per heavy atom. The molecule has 1 atom stereocenters. The lowest BCUT2D eigenvalue weighted by atomic mass is 10.1. The van der Waals surface area contributed by atoms with E-state index in [0.29, 0.717) is 32.0 Å². The van der Waals surface area contributed by atoms with Crippen LogP contribution in [-0.4, -0.2) is 45.6 Å². The molecule has 6 nitrogen and oxygen atoms in total. The van der Waals surface area contributed by atoms with Gasteiger partial charge in [0.2, 0.25) is 0 Å². The number of nitrogens with zero attached hydrogens (tertiary/aromatic N) is 1. The van der Waals surface area contributed by atoms with Gasteiger partial charge in [-0.2, -0.15) is 12.7 Å². The number of nitrogens with one attached hydrogen (secondary N) is 2. The zero-order valence-electron chi connectivity index (χ0n) is 12.5. The van der Waals surface area contributed by atoms with Crippen molar-refractivity contribution < 1.29 is 13.2 Å². The van der Waals surface area contributed by atoms with Gasteiger partial charge in [-0.3, -0.25) is 4.72 Å². The van der Waals surface area contributed by atoms with Gasteiger partial charge in [-0.15, -0.1) is 0 Å². The van der Waals surface area contributed by atoms with Crippen molar-refractivity contribution in [2.24, 2.45) is 0 Å². The molecule has 1 aromatic carbocycles. The number of anilines is 1. The molecule has 1 unspecified atom stereocenters. The van der Waals surface area contributed by atoms with E-state index in [1.807, 2.05) is 32.0 Å². The summed E-state index contributed by atoms with van der Waals surface area (Å²) in [6, 6.07) is 7.55. The van der Waals surface area contributed by atoms with E-state index >= 15 is 0 Å². The van der Waals surface area contributed by atoms with Gasteiger partial charge in [-0.25, -0.2) is 0 Å². The fourth-order valence-electron chi connectivity index (χ4n) is 2.37. The SMILES string of the molecule is CCNC(C)c1ccccc1NS(=O)(=O)N1CCOCC1. The second-order valence-electron chi connectivity index (χ2n) is 4.99. The van der Waals surface area contributed by atoms with E-state index in [9.17, 15) is 8.42 Å². The molecule has 118 valence electrons. The second kappa shape index (κ2) is 7.22. The summed E-state index contributed by atoms with van der Waals surface area (Å²) in [6.07, 6.45) is 0. The van der Waals surface area contributed by atoms with Crippen molar-refractivity contribution in [3.8, 4) is 0 Å². The van der Waals surface area contributed by atoms with Crippen LogP contribution in [0, 0.1) is 0 Å². The van der Waals surface area contributed by atoms with Crippen LogP contribution >= 0.6 is 0 Å². The minimum absolute atomic E-state index is 0.0820. The average molecular weight is 313 g/mol. The van der Waals surface area contributed by atoms with Gasteiger partial charge in [-0.1, -0.05) is 25.1 Å². The van der Waals surface area contributed by atoms with Crippen molar-refractivity contribution in [1.82, 2.24) is 9.62 Å². The second-order valence-corrected chi connectivity index (χ2v) is 6.66. The molecule has 0 bridgehead atoms. The predicted molar refractivity (Wildman–Crippen MR) is 83.5 cm³/mol. The summed E-state index contributed by atoms with van der Waals surface area (Å²) in [6.45, 7) is 6.53. The Kier molecular flexibility index (Phi) is 5.58. The molecule has 1 heterocycles. The molecule has 1 aliphatic heterocycles. The summed E-state index contributed by atoms with van der Waals surface area (Å²) < 4.78 is 34.2. The van der Waals surface area contributed by atoms with Crippen LogP contribution in [0.4, 0.5) is 5.69 Å². The van der Waals surface area contributed by atoms with Crippen LogP contribution in [0.3, 0.4) is 0 Å². The van der Waals surface area contributed by atoms with Crippen LogP contribution in [0.25, 0.3) is 0 Å². The number of benzene rings is 1. The van der Waals surface area contributed by atoms with Crippen LogP contribution in [0.15, 0.2) is 24.3 Å².